The molecule has 0 amide bonds. The largest absolute Gasteiger partial charge is 0.480 e. The van der Waals surface area contributed by atoms with Gasteiger partial charge in [0.05, 0.1) is 0 Å². The molecule has 0 aromatic rings. The van der Waals surface area contributed by atoms with Gasteiger partial charge in [0, 0.05) is 0 Å². The second kappa shape index (κ2) is 2.52. The third-order valence-electron chi connectivity index (χ3n) is 0.504. The summed E-state index contributed by atoms with van der Waals surface area (Å²) in [6, 6.07) is -1.38. The zero-order chi connectivity index (χ0) is 6.73. The van der Waals surface area contributed by atoms with Gasteiger partial charge in [0.25, 0.3) is 0 Å². The molecule has 0 aromatic heterocycles. The second-order valence-electron chi connectivity index (χ2n) is 1.11. The first-order valence-electron chi connectivity index (χ1n) is 2.17. The molecular weight excluding hydrogens is 101 g/mol. The van der Waals surface area contributed by atoms with Gasteiger partial charge in [-0.3, -0.25) is 4.79 Å². The van der Waals surface area contributed by atoms with Crippen LogP contribution >= 0.6 is 0 Å². The average Bonchev–Trinajstić information content (AvgIpc) is 1.64. The molecule has 0 radical (unpaired) electrons. The van der Waals surface area contributed by atoms with Crippen LogP contribution in [0.1, 0.15) is 6.92 Å². The molecule has 0 aromatic carbocycles. The van der Waals surface area contributed by atoms with Crippen molar-refractivity contribution >= 4 is 5.97 Å². The molecule has 0 aliphatic rings. The Morgan fingerprint density at radius 3 is 2.71 bits per heavy atom. The van der Waals surface area contributed by atoms with Crippen LogP contribution in [0.5, 0.6) is 0 Å². The number of hydrogen-bond donors (Lipinski definition) is 2. The first-order valence-corrected chi connectivity index (χ1v) is 1.72. The van der Waals surface area contributed by atoms with Gasteiger partial charge in [0.15, 0.2) is 1.41 Å². The van der Waals surface area contributed by atoms with E-state index in [1.165, 1.54) is 0 Å². The summed E-state index contributed by atoms with van der Waals surface area (Å²) in [7, 11) is 0. The van der Waals surface area contributed by atoms with Crippen molar-refractivity contribution in [3.63, 3.8) is 0 Å². The Bertz CT molecular complexity index is 97.3. The van der Waals surface area contributed by atoms with Crippen LogP contribution in [0.25, 0.3) is 0 Å². The number of carboxylic acids is 1. The molecule has 0 aliphatic heterocycles. The van der Waals surface area contributed by atoms with Crippen molar-refractivity contribution in [2.75, 3.05) is 0 Å². The summed E-state index contributed by atoms with van der Waals surface area (Å²) in [6.07, 6.45) is 0. The van der Waals surface area contributed by atoms with Crippen LogP contribution in [-0.2, 0) is 4.79 Å². The van der Waals surface area contributed by atoms with E-state index in [2.05, 4.69) is 0 Å². The van der Waals surface area contributed by atoms with Gasteiger partial charge < -0.3 is 5.11 Å². The fourth-order valence-electron chi connectivity index (χ4n) is 0.0417. The van der Waals surface area contributed by atoms with Crippen molar-refractivity contribution in [1.82, 2.24) is 5.53 Å². The van der Waals surface area contributed by atoms with Crippen LogP contribution in [0, 0.1) is 0 Å². The molecule has 4 heteroatoms. The lowest BCUT2D eigenvalue weighted by molar-refractivity contribution is -0.140. The average molecular weight is 108 g/mol. The maximum absolute atomic E-state index is 11.5. The van der Waals surface area contributed by atoms with Crippen molar-refractivity contribution in [3.8, 4) is 0 Å². The van der Waals surface area contributed by atoms with Crippen LogP contribution in [0.15, 0.2) is 0 Å². The van der Waals surface area contributed by atoms with Gasteiger partial charge in [-0.1, -0.05) is 0 Å². The number of aliphatic carboxylic acids is 1. The van der Waals surface area contributed by atoms with Gasteiger partial charge in [-0.25, -0.2) is 0 Å². The van der Waals surface area contributed by atoms with Gasteiger partial charge in [-0.2, -0.15) is 0 Å². The smallest absolute Gasteiger partial charge is 0.323 e. The number of carboxylic acid groups (broad SMARTS) is 1. The van der Waals surface area contributed by atoms with Gasteiger partial charge >= 0.3 is 5.97 Å². The summed E-state index contributed by atoms with van der Waals surface area (Å²) in [4.78, 5) is 9.74. The molecule has 0 aliphatic carbocycles. The Labute approximate surface area is 41.5 Å². The summed E-state index contributed by atoms with van der Waals surface area (Å²) < 4.78 is 17.6. The Morgan fingerprint density at radius 1 is 2.29 bits per heavy atom. The fraction of sp³-hybridized carbons (Fsp3) is 0.667. The molecule has 0 fully saturated rings. The van der Waals surface area contributed by atoms with E-state index in [4.69, 9.17) is 6.52 Å². The first kappa shape index (κ1) is 4.52. The Morgan fingerprint density at radius 2 is 2.71 bits per heavy atom. The van der Waals surface area contributed by atoms with Crippen molar-refractivity contribution in [2.24, 2.45) is 0 Å². The molecule has 1 atom stereocenters. The molecule has 0 heterocycles. The topological polar surface area (TPSA) is 49.3 Å². The van der Waals surface area contributed by atoms with Gasteiger partial charge in [-0.05, 0) is 6.92 Å². The minimum Gasteiger partial charge on any atom is -0.480 e. The minimum absolute atomic E-state index is 0.609. The summed E-state index contributed by atoms with van der Waals surface area (Å²) in [5, 5.41) is 7.95. The minimum atomic E-state index is -1.38. The second-order valence-corrected chi connectivity index (χ2v) is 1.11. The Hall–Kier alpha value is -0.640. The van der Waals surface area contributed by atoms with Crippen molar-refractivity contribution < 1.29 is 15.8 Å². The lowest BCUT2D eigenvalue weighted by atomic mass is 10.4. The molecule has 0 saturated carbocycles. The third kappa shape index (κ3) is 2.11. The highest BCUT2D eigenvalue weighted by Crippen LogP contribution is 1.77. The number of nitrogens with one attached hydrogen (secondary N) is 1. The van der Waals surface area contributed by atoms with Crippen molar-refractivity contribution in [3.05, 3.63) is 0 Å². The van der Waals surface area contributed by atoms with Crippen LogP contribution < -0.4 is 5.53 Å². The van der Waals surface area contributed by atoms with E-state index in [9.17, 15) is 9.28 Å². The highest BCUT2D eigenvalue weighted by Gasteiger charge is 2.07. The van der Waals surface area contributed by atoms with Gasteiger partial charge in [-0.15, -0.1) is 10.0 Å². The van der Waals surface area contributed by atoms with E-state index >= 15 is 0 Å². The molecular formula is C3H6FNO2. The first-order chi connectivity index (χ1) is 3.55. The fourth-order valence-corrected chi connectivity index (χ4v) is 0.0417. The quantitative estimate of drug-likeness (QED) is 0.487. The molecule has 3 nitrogen and oxygen atoms in total. The highest BCUT2D eigenvalue weighted by atomic mass is 19.2. The van der Waals surface area contributed by atoms with E-state index in [1.807, 2.05) is 0 Å². The summed E-state index contributed by atoms with van der Waals surface area (Å²) in [5.74, 6) is -1.34. The van der Waals surface area contributed by atoms with E-state index < -0.39 is 17.5 Å². The van der Waals surface area contributed by atoms with Crippen molar-refractivity contribution in [2.45, 2.75) is 13.0 Å². The molecule has 0 spiro atoms. The Kier molecular flexibility index (Phi) is 1.63. The van der Waals surface area contributed by atoms with E-state index in [-0.39, 0.29) is 0 Å². The van der Waals surface area contributed by atoms with E-state index in [0.717, 1.165) is 6.92 Å². The van der Waals surface area contributed by atoms with Gasteiger partial charge in [0.2, 0.25) is 0 Å². The molecule has 0 rings (SSSR count). The molecule has 42 valence electrons. The molecule has 0 saturated heterocycles. The summed E-state index contributed by atoms with van der Waals surface area (Å²) >= 11 is 0. The third-order valence-corrected chi connectivity index (χ3v) is 0.504. The molecule has 0 bridgehead atoms. The number of halogens is 1. The molecule has 2 N–H and O–H groups in total. The SMILES string of the molecule is [2H]N(F)C(C)C(=O)O. The predicted octanol–water partition coefficient (Wildman–Crippen LogP) is -0.0664. The predicted molar refractivity (Wildman–Crippen MR) is 21.3 cm³/mol. The lowest BCUT2D eigenvalue weighted by Gasteiger charge is -1.95. The van der Waals surface area contributed by atoms with Crippen LogP contribution in [0.4, 0.5) is 4.48 Å². The number of carbonyl (C=O) groups is 1. The maximum atomic E-state index is 11.5. The summed E-state index contributed by atoms with van der Waals surface area (Å²) in [5.41, 5.74) is -0.609. The van der Waals surface area contributed by atoms with Gasteiger partial charge in [0.1, 0.15) is 6.04 Å². The number of hydrogen-bond acceptors (Lipinski definition) is 2. The standard InChI is InChI=1S/C3H6FNO2/c1-2(5-4)3(6)7/h2,5H,1H3,(H,6,7)/i/hD. The monoisotopic (exact) mass is 108 g/mol. The lowest BCUT2D eigenvalue weighted by Crippen LogP contribution is -2.27. The van der Waals surface area contributed by atoms with E-state index in [1.54, 1.807) is 0 Å². The van der Waals surface area contributed by atoms with Crippen LogP contribution in [-0.4, -0.2) is 17.1 Å². The maximum Gasteiger partial charge on any atom is 0.323 e. The Balaban J connectivity index is 3.64. The van der Waals surface area contributed by atoms with Crippen LogP contribution in [0.2, 0.25) is 1.41 Å². The normalized spacial score (nSPS) is 16.1. The zero-order valence-corrected chi connectivity index (χ0v) is 3.76. The van der Waals surface area contributed by atoms with Crippen LogP contribution in [0.3, 0.4) is 0 Å². The molecule has 7 heavy (non-hydrogen) atoms. The number of rotatable bonds is 2. The molecule has 1 unspecified atom stereocenters. The van der Waals surface area contributed by atoms with E-state index in [0.29, 0.717) is 0 Å². The highest BCUT2D eigenvalue weighted by molar-refractivity contribution is 5.72. The van der Waals surface area contributed by atoms with Crippen molar-refractivity contribution in [1.29, 1.82) is 0 Å². The summed E-state index contributed by atoms with van der Waals surface area (Å²) in [6.45, 7) is 1.08. The zero-order valence-electron chi connectivity index (χ0n) is 4.76.